The minimum Gasteiger partial charge on any atom is -0.492 e. The lowest BCUT2D eigenvalue weighted by Gasteiger charge is -2.10. The van der Waals surface area contributed by atoms with Crippen LogP contribution < -0.4 is 9.47 Å². The molecule has 5 heteroatoms. The predicted octanol–water partition coefficient (Wildman–Crippen LogP) is 3.85. The number of fused-ring (bicyclic) bond motifs is 2. The highest BCUT2D eigenvalue weighted by Gasteiger charge is 2.27. The van der Waals surface area contributed by atoms with Gasteiger partial charge in [-0.3, -0.25) is 9.78 Å². The number of hydrogen-bond acceptors (Lipinski definition) is 5. The van der Waals surface area contributed by atoms with Crippen molar-refractivity contribution in [1.82, 2.24) is 4.98 Å². The molecular formula is C21H19NO4. The zero-order valence-electron chi connectivity index (χ0n) is 14.5. The molecule has 0 saturated heterocycles. The summed E-state index contributed by atoms with van der Waals surface area (Å²) in [5.41, 5.74) is 3.01. The second-order valence-electron chi connectivity index (χ2n) is 6.27. The van der Waals surface area contributed by atoms with Gasteiger partial charge in [0.1, 0.15) is 18.1 Å². The van der Waals surface area contributed by atoms with Gasteiger partial charge in [0.25, 0.3) is 0 Å². The first kappa shape index (κ1) is 16.4. The molecule has 1 aromatic heterocycles. The molecule has 0 fully saturated rings. The molecule has 2 heterocycles. The Morgan fingerprint density at radius 2 is 2.12 bits per heavy atom. The molecule has 1 unspecified atom stereocenters. The third kappa shape index (κ3) is 3.20. The summed E-state index contributed by atoms with van der Waals surface area (Å²) in [6, 6.07) is 15.8. The van der Waals surface area contributed by atoms with Crippen LogP contribution in [0.3, 0.4) is 0 Å². The van der Waals surface area contributed by atoms with Gasteiger partial charge in [-0.2, -0.15) is 0 Å². The molecule has 26 heavy (non-hydrogen) atoms. The fourth-order valence-electron chi connectivity index (χ4n) is 3.25. The first-order chi connectivity index (χ1) is 12.7. The molecule has 0 bridgehead atoms. The molecule has 132 valence electrons. The summed E-state index contributed by atoms with van der Waals surface area (Å²) in [5, 5.41) is 1.09. The van der Waals surface area contributed by atoms with Gasteiger partial charge in [0.05, 0.1) is 25.7 Å². The van der Waals surface area contributed by atoms with Crippen LogP contribution in [0.1, 0.15) is 23.5 Å². The molecule has 0 amide bonds. The van der Waals surface area contributed by atoms with Gasteiger partial charge in [-0.05, 0) is 12.1 Å². The lowest BCUT2D eigenvalue weighted by molar-refractivity contribution is -0.141. The summed E-state index contributed by atoms with van der Waals surface area (Å²) < 4.78 is 16.4. The van der Waals surface area contributed by atoms with E-state index in [0.29, 0.717) is 19.6 Å². The van der Waals surface area contributed by atoms with Gasteiger partial charge in [0.2, 0.25) is 0 Å². The average molecular weight is 349 g/mol. The van der Waals surface area contributed by atoms with Gasteiger partial charge in [-0.15, -0.1) is 0 Å². The number of para-hydroxylation sites is 1. The molecule has 0 N–H and O–H groups in total. The number of methoxy groups -OCH3 is 1. The van der Waals surface area contributed by atoms with Gasteiger partial charge in [0.15, 0.2) is 0 Å². The van der Waals surface area contributed by atoms with Crippen molar-refractivity contribution in [2.24, 2.45) is 0 Å². The Morgan fingerprint density at radius 1 is 1.23 bits per heavy atom. The monoisotopic (exact) mass is 349 g/mol. The fourth-order valence-corrected chi connectivity index (χ4v) is 3.25. The number of pyridine rings is 1. The summed E-state index contributed by atoms with van der Waals surface area (Å²) in [6.45, 7) is 0.917. The Kier molecular flexibility index (Phi) is 4.44. The van der Waals surface area contributed by atoms with Crippen LogP contribution in [0.2, 0.25) is 0 Å². The van der Waals surface area contributed by atoms with E-state index in [4.69, 9.17) is 14.2 Å². The lowest BCUT2D eigenvalue weighted by Crippen LogP contribution is -2.09. The number of carbonyl (C=O) groups is 1. The number of carbonyl (C=O) groups excluding carboxylic acids is 1. The highest BCUT2D eigenvalue weighted by atomic mass is 16.5. The summed E-state index contributed by atoms with van der Waals surface area (Å²) in [6.07, 6.45) is 2.11. The van der Waals surface area contributed by atoms with Crippen LogP contribution in [-0.2, 0) is 16.1 Å². The third-order valence-electron chi connectivity index (χ3n) is 4.62. The fraction of sp³-hybridized carbons (Fsp3) is 0.238. The molecule has 1 atom stereocenters. The van der Waals surface area contributed by atoms with E-state index >= 15 is 0 Å². The number of ether oxygens (including phenoxy) is 3. The SMILES string of the molecule is COC(=O)CC1COc2cc(OCc3cccc4cccnc34)ccc21. The number of hydrogen-bond donors (Lipinski definition) is 0. The number of nitrogens with zero attached hydrogens (tertiary/aromatic N) is 1. The van der Waals surface area contributed by atoms with Crippen molar-refractivity contribution in [2.75, 3.05) is 13.7 Å². The molecular weight excluding hydrogens is 330 g/mol. The van der Waals surface area contributed by atoms with Crippen LogP contribution in [0, 0.1) is 0 Å². The zero-order valence-corrected chi connectivity index (χ0v) is 14.5. The van der Waals surface area contributed by atoms with Crippen molar-refractivity contribution < 1.29 is 19.0 Å². The van der Waals surface area contributed by atoms with Gasteiger partial charge < -0.3 is 14.2 Å². The predicted molar refractivity (Wildman–Crippen MR) is 97.4 cm³/mol. The number of benzene rings is 2. The van der Waals surface area contributed by atoms with Crippen molar-refractivity contribution in [3.8, 4) is 11.5 Å². The first-order valence-electron chi connectivity index (χ1n) is 8.53. The van der Waals surface area contributed by atoms with E-state index in [1.165, 1.54) is 7.11 Å². The molecule has 3 aromatic rings. The van der Waals surface area contributed by atoms with Crippen LogP contribution in [-0.4, -0.2) is 24.7 Å². The van der Waals surface area contributed by atoms with Gasteiger partial charge in [-0.25, -0.2) is 0 Å². The Morgan fingerprint density at radius 3 is 3.00 bits per heavy atom. The van der Waals surface area contributed by atoms with Gasteiger partial charge in [0, 0.05) is 34.7 Å². The molecule has 1 aliphatic heterocycles. The van der Waals surface area contributed by atoms with Crippen LogP contribution in [0.25, 0.3) is 10.9 Å². The van der Waals surface area contributed by atoms with Crippen molar-refractivity contribution in [3.05, 3.63) is 65.9 Å². The second kappa shape index (κ2) is 7.04. The van der Waals surface area contributed by atoms with Crippen LogP contribution in [0.4, 0.5) is 0 Å². The Balaban J connectivity index is 1.49. The second-order valence-corrected chi connectivity index (χ2v) is 6.27. The lowest BCUT2D eigenvalue weighted by atomic mass is 9.98. The zero-order chi connectivity index (χ0) is 17.9. The van der Waals surface area contributed by atoms with E-state index in [2.05, 4.69) is 4.98 Å². The highest BCUT2D eigenvalue weighted by Crippen LogP contribution is 2.38. The Labute approximate surface area is 151 Å². The largest absolute Gasteiger partial charge is 0.492 e. The molecule has 0 saturated carbocycles. The molecule has 5 nitrogen and oxygen atoms in total. The van der Waals surface area contributed by atoms with E-state index < -0.39 is 0 Å². The molecule has 2 aromatic carbocycles. The minimum absolute atomic E-state index is 0.0359. The maximum atomic E-state index is 11.5. The summed E-state index contributed by atoms with van der Waals surface area (Å²) >= 11 is 0. The number of aromatic nitrogens is 1. The molecule has 0 aliphatic carbocycles. The summed E-state index contributed by atoms with van der Waals surface area (Å²) in [5.74, 6) is 1.31. The molecule has 1 aliphatic rings. The standard InChI is InChI=1S/C21H19NO4/c1-24-20(23)10-16-13-26-19-11-17(7-8-18(16)19)25-12-15-5-2-4-14-6-3-9-22-21(14)15/h2-9,11,16H,10,12-13H2,1H3. The Bertz CT molecular complexity index is 948. The van der Waals surface area contributed by atoms with Crippen LogP contribution in [0.15, 0.2) is 54.7 Å². The van der Waals surface area contributed by atoms with Gasteiger partial charge >= 0.3 is 5.97 Å². The topological polar surface area (TPSA) is 57.7 Å². The van der Waals surface area contributed by atoms with E-state index in [-0.39, 0.29) is 11.9 Å². The first-order valence-corrected chi connectivity index (χ1v) is 8.53. The average Bonchev–Trinajstić information content (AvgIpc) is 3.08. The maximum Gasteiger partial charge on any atom is 0.306 e. The molecule has 0 spiro atoms. The van der Waals surface area contributed by atoms with Crippen LogP contribution in [0.5, 0.6) is 11.5 Å². The van der Waals surface area contributed by atoms with Crippen molar-refractivity contribution in [1.29, 1.82) is 0 Å². The van der Waals surface area contributed by atoms with Crippen molar-refractivity contribution >= 4 is 16.9 Å². The van der Waals surface area contributed by atoms with Gasteiger partial charge in [-0.1, -0.05) is 30.3 Å². The van der Waals surface area contributed by atoms with E-state index in [9.17, 15) is 4.79 Å². The number of rotatable bonds is 5. The van der Waals surface area contributed by atoms with Crippen molar-refractivity contribution in [2.45, 2.75) is 18.9 Å². The molecule has 4 rings (SSSR count). The normalized spacial score (nSPS) is 15.3. The van der Waals surface area contributed by atoms with Crippen molar-refractivity contribution in [3.63, 3.8) is 0 Å². The Hall–Kier alpha value is -3.08. The minimum atomic E-state index is -0.227. The molecule has 0 radical (unpaired) electrons. The summed E-state index contributed by atoms with van der Waals surface area (Å²) in [4.78, 5) is 16.0. The van der Waals surface area contributed by atoms with E-state index in [0.717, 1.165) is 33.5 Å². The van der Waals surface area contributed by atoms with Crippen LogP contribution >= 0.6 is 0 Å². The smallest absolute Gasteiger partial charge is 0.306 e. The quantitative estimate of drug-likeness (QED) is 0.655. The maximum absolute atomic E-state index is 11.5. The number of esters is 1. The summed E-state index contributed by atoms with van der Waals surface area (Å²) in [7, 11) is 1.40. The third-order valence-corrected chi connectivity index (χ3v) is 4.62. The van der Waals surface area contributed by atoms with E-state index in [1.54, 1.807) is 6.20 Å². The highest BCUT2D eigenvalue weighted by molar-refractivity contribution is 5.81. The van der Waals surface area contributed by atoms with E-state index in [1.807, 2.05) is 48.5 Å².